The van der Waals surface area contributed by atoms with E-state index in [9.17, 15) is 0 Å². The van der Waals surface area contributed by atoms with Crippen LogP contribution >= 0.6 is 0 Å². The highest BCUT2D eigenvalue weighted by atomic mass is 16.5. The van der Waals surface area contributed by atoms with Gasteiger partial charge in [0.1, 0.15) is 11.6 Å². The number of nitrogens with two attached hydrogens (primary N) is 1. The van der Waals surface area contributed by atoms with Gasteiger partial charge in [-0.1, -0.05) is 13.0 Å². The molecule has 2 aromatic rings. The van der Waals surface area contributed by atoms with Gasteiger partial charge >= 0.3 is 0 Å². The number of hydrogen-bond acceptors (Lipinski definition) is 4. The van der Waals surface area contributed by atoms with Crippen molar-refractivity contribution in [1.29, 1.82) is 5.26 Å². The zero-order valence-corrected chi connectivity index (χ0v) is 10.6. The molecule has 0 saturated heterocycles. The molecule has 1 aromatic carbocycles. The number of ether oxygens (including phenoxy) is 1. The molecular formula is C13H16N4O. The summed E-state index contributed by atoms with van der Waals surface area (Å²) in [5, 5.41) is 9.04. The molecular weight excluding hydrogens is 228 g/mol. The Balaban J connectivity index is 2.45. The highest BCUT2D eigenvalue weighted by Crippen LogP contribution is 2.22. The number of nitrogens with zero attached hydrogens (tertiary/aromatic N) is 3. The molecule has 2 rings (SSSR count). The second-order valence-electron chi connectivity index (χ2n) is 4.43. The summed E-state index contributed by atoms with van der Waals surface area (Å²) in [6, 6.07) is 7.66. The van der Waals surface area contributed by atoms with E-state index in [0.717, 1.165) is 12.1 Å². The van der Waals surface area contributed by atoms with Crippen LogP contribution < -0.4 is 5.73 Å². The molecule has 0 fully saturated rings. The zero-order chi connectivity index (χ0) is 13.1. The fourth-order valence-corrected chi connectivity index (χ4v) is 2.10. The minimum atomic E-state index is 0.334. The predicted octanol–water partition coefficient (Wildman–Crippen LogP) is 1.77. The van der Waals surface area contributed by atoms with Crippen molar-refractivity contribution in [3.05, 3.63) is 23.8 Å². The Bertz CT molecular complexity index is 597. The van der Waals surface area contributed by atoms with Crippen LogP contribution in [0.3, 0.4) is 0 Å². The van der Waals surface area contributed by atoms with Gasteiger partial charge in [0.2, 0.25) is 5.95 Å². The topological polar surface area (TPSA) is 76.9 Å². The number of nitrogen functional groups attached to an aromatic ring is 1. The zero-order valence-electron chi connectivity index (χ0n) is 10.6. The number of benzene rings is 1. The third kappa shape index (κ3) is 2.15. The Morgan fingerprint density at radius 2 is 2.33 bits per heavy atom. The quantitative estimate of drug-likeness (QED) is 0.889. The van der Waals surface area contributed by atoms with E-state index in [1.54, 1.807) is 13.2 Å². The number of imidazole rings is 1. The molecule has 18 heavy (non-hydrogen) atoms. The summed E-state index contributed by atoms with van der Waals surface area (Å²) in [6.45, 7) is 3.48. The summed E-state index contributed by atoms with van der Waals surface area (Å²) < 4.78 is 7.05. The number of anilines is 1. The van der Waals surface area contributed by atoms with E-state index < -0.39 is 0 Å². The average Bonchev–Trinajstić information content (AvgIpc) is 2.66. The van der Waals surface area contributed by atoms with Crippen molar-refractivity contribution >= 4 is 17.0 Å². The highest BCUT2D eigenvalue weighted by molar-refractivity contribution is 5.83. The number of methoxy groups -OCH3 is 1. The first-order chi connectivity index (χ1) is 8.67. The summed E-state index contributed by atoms with van der Waals surface area (Å²) in [5.74, 6) is 0.774. The standard InChI is InChI=1S/C13H16N4O/c1-9(8-18-2)7-17-11-5-3-4-10(6-14)12(11)16-13(17)15/h3-5,9H,7-8H2,1-2H3,(H2,15,16). The molecule has 0 radical (unpaired) electrons. The van der Waals surface area contributed by atoms with Crippen LogP contribution in [0, 0.1) is 17.2 Å². The molecule has 5 heteroatoms. The predicted molar refractivity (Wildman–Crippen MR) is 69.9 cm³/mol. The van der Waals surface area contributed by atoms with Crippen molar-refractivity contribution in [2.45, 2.75) is 13.5 Å². The maximum absolute atomic E-state index is 9.04. The summed E-state index contributed by atoms with van der Waals surface area (Å²) in [7, 11) is 1.68. The molecule has 0 aliphatic carbocycles. The molecule has 1 unspecified atom stereocenters. The SMILES string of the molecule is COCC(C)Cn1c(N)nc2c(C#N)cccc21. The van der Waals surface area contributed by atoms with Crippen molar-refractivity contribution in [3.63, 3.8) is 0 Å². The Hall–Kier alpha value is -2.06. The van der Waals surface area contributed by atoms with Crippen molar-refractivity contribution in [2.24, 2.45) is 5.92 Å². The first-order valence-electron chi connectivity index (χ1n) is 5.81. The summed E-state index contributed by atoms with van der Waals surface area (Å²) in [4.78, 5) is 4.27. The van der Waals surface area contributed by atoms with Crippen LogP contribution in [0.25, 0.3) is 11.0 Å². The molecule has 5 nitrogen and oxygen atoms in total. The lowest BCUT2D eigenvalue weighted by Crippen LogP contribution is -2.14. The molecule has 0 bridgehead atoms. The van der Waals surface area contributed by atoms with Crippen molar-refractivity contribution < 1.29 is 4.74 Å². The third-order valence-electron chi connectivity index (χ3n) is 2.87. The first-order valence-corrected chi connectivity index (χ1v) is 5.81. The molecule has 0 saturated carbocycles. The van der Waals surface area contributed by atoms with Crippen LogP contribution in [0.5, 0.6) is 0 Å². The lowest BCUT2D eigenvalue weighted by molar-refractivity contribution is 0.152. The summed E-state index contributed by atoms with van der Waals surface area (Å²) in [6.07, 6.45) is 0. The van der Waals surface area contributed by atoms with E-state index in [4.69, 9.17) is 15.7 Å². The summed E-state index contributed by atoms with van der Waals surface area (Å²) in [5.41, 5.74) is 8.04. The largest absolute Gasteiger partial charge is 0.384 e. The monoisotopic (exact) mass is 244 g/mol. The smallest absolute Gasteiger partial charge is 0.201 e. The van der Waals surface area contributed by atoms with Gasteiger partial charge in [-0.3, -0.25) is 0 Å². The molecule has 0 aliphatic rings. The third-order valence-corrected chi connectivity index (χ3v) is 2.87. The molecule has 0 aliphatic heterocycles. The van der Waals surface area contributed by atoms with Gasteiger partial charge in [0.15, 0.2) is 0 Å². The molecule has 1 aromatic heterocycles. The minimum absolute atomic E-state index is 0.334. The van der Waals surface area contributed by atoms with E-state index in [-0.39, 0.29) is 0 Å². The van der Waals surface area contributed by atoms with Gasteiger partial charge in [-0.25, -0.2) is 4.98 Å². The van der Waals surface area contributed by atoms with Crippen LogP contribution in [0.1, 0.15) is 12.5 Å². The molecule has 0 spiro atoms. The number of fused-ring (bicyclic) bond motifs is 1. The minimum Gasteiger partial charge on any atom is -0.384 e. The normalized spacial score (nSPS) is 12.5. The van der Waals surface area contributed by atoms with Gasteiger partial charge in [-0.15, -0.1) is 0 Å². The lowest BCUT2D eigenvalue weighted by Gasteiger charge is -2.12. The van der Waals surface area contributed by atoms with Crippen molar-refractivity contribution in [1.82, 2.24) is 9.55 Å². The van der Waals surface area contributed by atoms with Gasteiger partial charge in [-0.2, -0.15) is 5.26 Å². The Kier molecular flexibility index (Phi) is 3.49. The van der Waals surface area contributed by atoms with Crippen LogP contribution in [-0.2, 0) is 11.3 Å². The molecule has 1 atom stereocenters. The first kappa shape index (κ1) is 12.4. The van der Waals surface area contributed by atoms with Crippen LogP contribution in [0.15, 0.2) is 18.2 Å². The number of aromatic nitrogens is 2. The van der Waals surface area contributed by atoms with Gasteiger partial charge in [-0.05, 0) is 18.1 Å². The fourth-order valence-electron chi connectivity index (χ4n) is 2.10. The maximum atomic E-state index is 9.04. The lowest BCUT2D eigenvalue weighted by atomic mass is 10.2. The highest BCUT2D eigenvalue weighted by Gasteiger charge is 2.13. The van der Waals surface area contributed by atoms with Crippen LogP contribution in [0.2, 0.25) is 0 Å². The number of nitriles is 1. The van der Waals surface area contributed by atoms with Crippen LogP contribution in [-0.4, -0.2) is 23.3 Å². The number of hydrogen-bond donors (Lipinski definition) is 1. The van der Waals surface area contributed by atoms with Crippen molar-refractivity contribution in [3.8, 4) is 6.07 Å². The Labute approximate surface area is 106 Å². The summed E-state index contributed by atoms with van der Waals surface area (Å²) >= 11 is 0. The average molecular weight is 244 g/mol. The maximum Gasteiger partial charge on any atom is 0.201 e. The molecule has 0 amide bonds. The van der Waals surface area contributed by atoms with Gasteiger partial charge in [0.05, 0.1) is 17.7 Å². The second kappa shape index (κ2) is 5.07. The Morgan fingerprint density at radius 1 is 1.56 bits per heavy atom. The number of rotatable bonds is 4. The van der Waals surface area contributed by atoms with Gasteiger partial charge < -0.3 is 15.0 Å². The van der Waals surface area contributed by atoms with E-state index >= 15 is 0 Å². The molecule has 94 valence electrons. The fraction of sp³-hybridized carbons (Fsp3) is 0.385. The molecule has 2 N–H and O–H groups in total. The van der Waals surface area contributed by atoms with Gasteiger partial charge in [0, 0.05) is 13.7 Å². The van der Waals surface area contributed by atoms with E-state index in [2.05, 4.69) is 18.0 Å². The Morgan fingerprint density at radius 3 is 3.00 bits per heavy atom. The second-order valence-corrected chi connectivity index (χ2v) is 4.43. The number of para-hydroxylation sites is 1. The van der Waals surface area contributed by atoms with E-state index in [1.807, 2.05) is 16.7 Å². The van der Waals surface area contributed by atoms with E-state index in [0.29, 0.717) is 29.6 Å². The van der Waals surface area contributed by atoms with Crippen LogP contribution in [0.4, 0.5) is 5.95 Å². The van der Waals surface area contributed by atoms with Gasteiger partial charge in [0.25, 0.3) is 0 Å². The van der Waals surface area contributed by atoms with Crippen molar-refractivity contribution in [2.75, 3.05) is 19.5 Å². The van der Waals surface area contributed by atoms with E-state index in [1.165, 1.54) is 0 Å². The molecule has 1 heterocycles.